The van der Waals surface area contributed by atoms with E-state index in [0.717, 1.165) is 41.9 Å². The number of benzene rings is 1. The van der Waals surface area contributed by atoms with Gasteiger partial charge >= 0.3 is 0 Å². The van der Waals surface area contributed by atoms with Crippen molar-refractivity contribution in [3.63, 3.8) is 0 Å². The first-order valence-corrected chi connectivity index (χ1v) is 11.0. The zero-order valence-electron chi connectivity index (χ0n) is 18.6. The van der Waals surface area contributed by atoms with Gasteiger partial charge in [0, 0.05) is 36.1 Å². The monoisotopic (exact) mass is 424 g/mol. The van der Waals surface area contributed by atoms with E-state index in [0.29, 0.717) is 31.9 Å². The third-order valence-corrected chi connectivity index (χ3v) is 5.54. The van der Waals surface area contributed by atoms with Crippen LogP contribution in [0.4, 0.5) is 0 Å². The highest BCUT2D eigenvalue weighted by Crippen LogP contribution is 2.29. The van der Waals surface area contributed by atoms with E-state index in [4.69, 9.17) is 14.6 Å². The molecule has 166 valence electrons. The quantitative estimate of drug-likeness (QED) is 0.543. The topological polar surface area (TPSA) is 81.2 Å². The van der Waals surface area contributed by atoms with Gasteiger partial charge in [0.25, 0.3) is 5.56 Å². The average molecular weight is 425 g/mol. The van der Waals surface area contributed by atoms with Gasteiger partial charge in [0.15, 0.2) is 0 Å². The fourth-order valence-electron chi connectivity index (χ4n) is 3.91. The number of aromatic amines is 1. The van der Waals surface area contributed by atoms with Crippen molar-refractivity contribution in [2.45, 2.75) is 51.7 Å². The number of nitrogens with one attached hydrogen (secondary N) is 2. The molecule has 3 aromatic rings. The van der Waals surface area contributed by atoms with Crippen molar-refractivity contribution in [1.29, 1.82) is 0 Å². The van der Waals surface area contributed by atoms with Crippen LogP contribution in [0.2, 0.25) is 0 Å². The molecule has 1 aliphatic heterocycles. The lowest BCUT2D eigenvalue weighted by Crippen LogP contribution is -2.25. The van der Waals surface area contributed by atoms with Gasteiger partial charge in [0.1, 0.15) is 5.65 Å². The molecule has 0 amide bonds. The lowest BCUT2D eigenvalue weighted by Gasteiger charge is -2.15. The van der Waals surface area contributed by atoms with Gasteiger partial charge in [-0.15, -0.1) is 0 Å². The summed E-state index contributed by atoms with van der Waals surface area (Å²) < 4.78 is 13.1. The van der Waals surface area contributed by atoms with Crippen LogP contribution in [0.25, 0.3) is 16.7 Å². The summed E-state index contributed by atoms with van der Waals surface area (Å²) in [6.45, 7) is 9.65. The molecule has 0 radical (unpaired) electrons. The first-order chi connectivity index (χ1) is 14.9. The first-order valence-electron chi connectivity index (χ1n) is 11.0. The molecule has 0 bridgehead atoms. The van der Waals surface area contributed by atoms with E-state index in [1.807, 2.05) is 41.1 Å². The molecule has 1 fully saturated rings. The van der Waals surface area contributed by atoms with Crippen LogP contribution in [-0.2, 0) is 21.4 Å². The normalized spacial score (nSPS) is 16.9. The Morgan fingerprint density at radius 1 is 1.29 bits per heavy atom. The molecule has 3 heterocycles. The minimum atomic E-state index is -0.155. The molecule has 1 saturated heterocycles. The van der Waals surface area contributed by atoms with Crippen molar-refractivity contribution in [1.82, 2.24) is 20.1 Å². The van der Waals surface area contributed by atoms with Crippen molar-refractivity contribution in [3.8, 4) is 5.69 Å². The summed E-state index contributed by atoms with van der Waals surface area (Å²) in [5, 5.41) is 9.16. The van der Waals surface area contributed by atoms with E-state index in [9.17, 15) is 4.79 Å². The number of ether oxygens (including phenoxy) is 2. The van der Waals surface area contributed by atoms with E-state index in [1.165, 1.54) is 0 Å². The molecule has 7 heteroatoms. The number of rotatable bonds is 8. The number of nitrogens with zero attached hydrogens (tertiary/aromatic N) is 2. The number of hydrogen-bond donors (Lipinski definition) is 2. The van der Waals surface area contributed by atoms with Gasteiger partial charge in [-0.2, -0.15) is 5.10 Å². The molecule has 1 aromatic carbocycles. The van der Waals surface area contributed by atoms with E-state index in [-0.39, 0.29) is 17.1 Å². The van der Waals surface area contributed by atoms with Crippen molar-refractivity contribution in [3.05, 3.63) is 58.0 Å². The van der Waals surface area contributed by atoms with Crippen LogP contribution in [0, 0.1) is 0 Å². The average Bonchev–Trinajstić information content (AvgIpc) is 3.38. The zero-order valence-corrected chi connectivity index (χ0v) is 18.6. The van der Waals surface area contributed by atoms with Gasteiger partial charge in [0.2, 0.25) is 0 Å². The molecular weight excluding hydrogens is 392 g/mol. The highest BCUT2D eigenvalue weighted by atomic mass is 16.5. The number of pyridine rings is 1. The number of fused-ring (bicyclic) bond motifs is 1. The van der Waals surface area contributed by atoms with Crippen LogP contribution >= 0.6 is 0 Å². The zero-order chi connectivity index (χ0) is 21.8. The molecule has 4 rings (SSSR count). The molecule has 0 unspecified atom stereocenters. The number of hydrogen-bond acceptors (Lipinski definition) is 5. The lowest BCUT2D eigenvalue weighted by molar-refractivity contribution is 0.0183. The summed E-state index contributed by atoms with van der Waals surface area (Å²) >= 11 is 0. The molecule has 31 heavy (non-hydrogen) atoms. The van der Waals surface area contributed by atoms with Crippen LogP contribution in [0.3, 0.4) is 0 Å². The Kier molecular flexibility index (Phi) is 6.55. The summed E-state index contributed by atoms with van der Waals surface area (Å²) in [5.41, 5.74) is 3.06. The Bertz CT molecular complexity index is 1060. The Labute approximate surface area is 182 Å². The number of para-hydroxylation sites is 1. The van der Waals surface area contributed by atoms with Crippen LogP contribution in [0.15, 0.2) is 41.2 Å². The summed E-state index contributed by atoms with van der Waals surface area (Å²) in [6.07, 6.45) is 2.44. The Morgan fingerprint density at radius 2 is 2.10 bits per heavy atom. The third-order valence-electron chi connectivity index (χ3n) is 5.54. The highest BCUT2D eigenvalue weighted by Gasteiger charge is 2.24. The second-order valence-corrected chi connectivity index (χ2v) is 9.12. The van der Waals surface area contributed by atoms with Crippen molar-refractivity contribution >= 4 is 11.0 Å². The molecule has 0 aliphatic carbocycles. The molecule has 0 spiro atoms. The molecular formula is C24H32N4O3. The Hall–Kier alpha value is -2.48. The smallest absolute Gasteiger partial charge is 0.254 e. The van der Waals surface area contributed by atoms with Gasteiger partial charge in [-0.3, -0.25) is 4.79 Å². The van der Waals surface area contributed by atoms with E-state index in [1.54, 1.807) is 0 Å². The minimum absolute atomic E-state index is 0.0992. The Balaban J connectivity index is 1.49. The Morgan fingerprint density at radius 3 is 2.81 bits per heavy atom. The van der Waals surface area contributed by atoms with Gasteiger partial charge in [-0.05, 0) is 31.0 Å². The highest BCUT2D eigenvalue weighted by molar-refractivity contribution is 5.81. The molecule has 1 aliphatic rings. The summed E-state index contributed by atoms with van der Waals surface area (Å²) in [5.74, 6) is 0. The van der Waals surface area contributed by atoms with Gasteiger partial charge in [-0.1, -0.05) is 39.0 Å². The number of aromatic nitrogens is 3. The van der Waals surface area contributed by atoms with Gasteiger partial charge < -0.3 is 19.8 Å². The summed E-state index contributed by atoms with van der Waals surface area (Å²) in [4.78, 5) is 15.8. The van der Waals surface area contributed by atoms with Crippen LogP contribution < -0.4 is 10.9 Å². The largest absolute Gasteiger partial charge is 0.377 e. The fourth-order valence-corrected chi connectivity index (χ4v) is 3.91. The van der Waals surface area contributed by atoms with E-state index in [2.05, 4.69) is 31.1 Å². The van der Waals surface area contributed by atoms with Gasteiger partial charge in [-0.25, -0.2) is 4.68 Å². The maximum Gasteiger partial charge on any atom is 0.254 e. The molecule has 2 aromatic heterocycles. The fraction of sp³-hybridized carbons (Fsp3) is 0.500. The second kappa shape index (κ2) is 9.34. The van der Waals surface area contributed by atoms with Crippen molar-refractivity contribution in [2.24, 2.45) is 0 Å². The minimum Gasteiger partial charge on any atom is -0.377 e. The summed E-state index contributed by atoms with van der Waals surface area (Å²) in [7, 11) is 0. The maximum absolute atomic E-state index is 12.8. The van der Waals surface area contributed by atoms with E-state index >= 15 is 0 Å². The molecule has 2 N–H and O–H groups in total. The van der Waals surface area contributed by atoms with E-state index < -0.39 is 0 Å². The predicted molar refractivity (Wildman–Crippen MR) is 122 cm³/mol. The third kappa shape index (κ3) is 5.06. The standard InChI is InChI=1S/C24H32N4O3/c1-24(2,3)21-20-14-17(15-25-11-13-30-16-19-10-7-12-31-19)23(29)26-22(20)28(27-21)18-8-5-4-6-9-18/h4-6,8-9,14,19,25H,7,10-13,15-16H2,1-3H3,(H,26,29)/t19-/m0/s1. The first kappa shape index (κ1) is 21.7. The predicted octanol–water partition coefficient (Wildman–Crippen LogP) is 3.30. The van der Waals surface area contributed by atoms with Crippen LogP contribution in [-0.4, -0.2) is 47.2 Å². The molecule has 1 atom stereocenters. The van der Waals surface area contributed by atoms with Crippen LogP contribution in [0.1, 0.15) is 44.9 Å². The van der Waals surface area contributed by atoms with Crippen molar-refractivity contribution in [2.75, 3.05) is 26.4 Å². The SMILES string of the molecule is CC(C)(C)c1nn(-c2ccccc2)c2[nH]c(=O)c(CNCCOC[C@@H]3CCCO3)cc12. The van der Waals surface area contributed by atoms with Crippen LogP contribution in [0.5, 0.6) is 0 Å². The van der Waals surface area contributed by atoms with Crippen molar-refractivity contribution < 1.29 is 9.47 Å². The maximum atomic E-state index is 12.8. The van der Waals surface area contributed by atoms with Gasteiger partial charge in [0.05, 0.1) is 30.7 Å². The molecule has 7 nitrogen and oxygen atoms in total. The number of H-pyrrole nitrogens is 1. The molecule has 0 saturated carbocycles. The second-order valence-electron chi connectivity index (χ2n) is 9.12. The lowest BCUT2D eigenvalue weighted by atomic mass is 9.90. The summed E-state index contributed by atoms with van der Waals surface area (Å²) in [6, 6.07) is 11.9.